The number of amidine groups is 1. The van der Waals surface area contributed by atoms with E-state index in [1.165, 1.54) is 5.56 Å². The number of fused-ring (bicyclic) bond motifs is 1. The molecule has 0 fully saturated rings. The number of benzene rings is 1. The first kappa shape index (κ1) is 14.3. The average Bonchev–Trinajstić information content (AvgIpc) is 2.52. The van der Waals surface area contributed by atoms with Crippen molar-refractivity contribution in [2.24, 2.45) is 4.99 Å². The quantitative estimate of drug-likeness (QED) is 0.783. The van der Waals surface area contributed by atoms with Gasteiger partial charge in [-0.2, -0.15) is 0 Å². The van der Waals surface area contributed by atoms with Crippen LogP contribution in [-0.4, -0.2) is 17.3 Å². The van der Waals surface area contributed by atoms with Crippen molar-refractivity contribution in [1.29, 1.82) is 0 Å². The molecule has 0 atom stereocenters. The summed E-state index contributed by atoms with van der Waals surface area (Å²) < 4.78 is 0. The molecule has 112 valence electrons. The Morgan fingerprint density at radius 1 is 1.18 bits per heavy atom. The lowest BCUT2D eigenvalue weighted by atomic mass is 9.89. The van der Waals surface area contributed by atoms with Gasteiger partial charge in [0, 0.05) is 17.7 Å². The minimum Gasteiger partial charge on any atom is -0.281 e. The van der Waals surface area contributed by atoms with Gasteiger partial charge >= 0.3 is 0 Å². The van der Waals surface area contributed by atoms with Crippen LogP contribution in [0.25, 0.3) is 0 Å². The minimum absolute atomic E-state index is 0.191. The molecule has 0 spiro atoms. The third-order valence-corrected chi connectivity index (χ3v) is 3.58. The van der Waals surface area contributed by atoms with Crippen LogP contribution in [0.2, 0.25) is 0 Å². The fourth-order valence-corrected chi connectivity index (χ4v) is 2.60. The number of carbonyl (C=O) groups is 1. The number of carbonyl (C=O) groups excluding carboxylic acids is 1. The highest BCUT2D eigenvalue weighted by atomic mass is 16.2. The van der Waals surface area contributed by atoms with Crippen LogP contribution in [-0.2, 0) is 6.42 Å². The van der Waals surface area contributed by atoms with Gasteiger partial charge in [-0.15, -0.1) is 0 Å². The second-order valence-electron chi connectivity index (χ2n) is 5.97. The first-order valence-corrected chi connectivity index (χ1v) is 7.26. The van der Waals surface area contributed by atoms with E-state index in [1.54, 1.807) is 24.5 Å². The zero-order chi connectivity index (χ0) is 15.6. The van der Waals surface area contributed by atoms with Crippen LogP contribution in [0, 0.1) is 0 Å². The molecule has 22 heavy (non-hydrogen) atoms. The SMILES string of the molecule is CC1(C)Cc2ccccc2C(NNC(=O)c2cc[nH+]cc2)=N1. The Morgan fingerprint density at radius 2 is 1.91 bits per heavy atom. The summed E-state index contributed by atoms with van der Waals surface area (Å²) in [6.07, 6.45) is 4.31. The van der Waals surface area contributed by atoms with Gasteiger partial charge in [-0.1, -0.05) is 24.3 Å². The molecule has 2 aromatic rings. The lowest BCUT2D eigenvalue weighted by molar-refractivity contribution is -0.378. The molecule has 1 aromatic carbocycles. The highest BCUT2D eigenvalue weighted by Gasteiger charge is 2.26. The van der Waals surface area contributed by atoms with Crippen LogP contribution in [0.1, 0.15) is 35.3 Å². The number of H-pyrrole nitrogens is 1. The lowest BCUT2D eigenvalue weighted by Crippen LogP contribution is -2.45. The summed E-state index contributed by atoms with van der Waals surface area (Å²) in [7, 11) is 0. The number of hydrogen-bond donors (Lipinski definition) is 2. The number of amides is 1. The molecule has 0 bridgehead atoms. The molecule has 3 rings (SSSR count). The topological polar surface area (TPSA) is 67.6 Å². The van der Waals surface area contributed by atoms with E-state index in [1.807, 2.05) is 18.2 Å². The molecule has 1 amide bonds. The first-order chi connectivity index (χ1) is 10.6. The number of aliphatic imine (C=N–C) groups is 1. The van der Waals surface area contributed by atoms with Crippen molar-refractivity contribution in [3.05, 3.63) is 65.5 Å². The number of pyridine rings is 1. The number of aromatic amines is 1. The molecule has 5 heteroatoms. The van der Waals surface area contributed by atoms with Crippen LogP contribution in [0.15, 0.2) is 53.8 Å². The van der Waals surface area contributed by atoms with Gasteiger partial charge in [-0.05, 0) is 25.8 Å². The molecule has 0 aliphatic carbocycles. The van der Waals surface area contributed by atoms with Crippen molar-refractivity contribution in [3.63, 3.8) is 0 Å². The van der Waals surface area contributed by atoms with E-state index < -0.39 is 0 Å². The summed E-state index contributed by atoms with van der Waals surface area (Å²) >= 11 is 0. The maximum Gasteiger partial charge on any atom is 0.270 e. The van der Waals surface area contributed by atoms with Gasteiger partial charge < -0.3 is 0 Å². The molecule has 0 saturated heterocycles. The lowest BCUT2D eigenvalue weighted by Gasteiger charge is -2.29. The molecule has 5 nitrogen and oxygen atoms in total. The van der Waals surface area contributed by atoms with E-state index in [2.05, 4.69) is 35.7 Å². The largest absolute Gasteiger partial charge is 0.281 e. The molecule has 2 heterocycles. The number of rotatable bonds is 1. The summed E-state index contributed by atoms with van der Waals surface area (Å²) in [4.78, 5) is 19.7. The Kier molecular flexibility index (Phi) is 3.63. The van der Waals surface area contributed by atoms with Crippen molar-refractivity contribution in [2.75, 3.05) is 0 Å². The highest BCUT2D eigenvalue weighted by Crippen LogP contribution is 2.25. The molecular formula is C17H19N4O+. The Morgan fingerprint density at radius 3 is 2.68 bits per heavy atom. The van der Waals surface area contributed by atoms with Crippen LogP contribution in [0.4, 0.5) is 0 Å². The maximum atomic E-state index is 12.1. The van der Waals surface area contributed by atoms with Gasteiger partial charge in [-0.25, -0.2) is 4.98 Å². The van der Waals surface area contributed by atoms with E-state index in [0.29, 0.717) is 11.4 Å². The van der Waals surface area contributed by atoms with E-state index in [9.17, 15) is 4.79 Å². The van der Waals surface area contributed by atoms with Gasteiger partial charge in [-0.3, -0.25) is 20.6 Å². The van der Waals surface area contributed by atoms with E-state index in [4.69, 9.17) is 4.99 Å². The Labute approximate surface area is 129 Å². The summed E-state index contributed by atoms with van der Waals surface area (Å²) in [6.45, 7) is 4.17. The molecule has 1 aliphatic heterocycles. The third-order valence-electron chi connectivity index (χ3n) is 3.58. The molecule has 0 saturated carbocycles. The third kappa shape index (κ3) is 2.98. The van der Waals surface area contributed by atoms with E-state index >= 15 is 0 Å². The van der Waals surface area contributed by atoms with Crippen molar-refractivity contribution >= 4 is 11.7 Å². The molecular weight excluding hydrogens is 276 g/mol. The molecule has 1 aliphatic rings. The van der Waals surface area contributed by atoms with Crippen LogP contribution >= 0.6 is 0 Å². The second kappa shape index (κ2) is 5.60. The Balaban J connectivity index is 1.79. The average molecular weight is 295 g/mol. The number of hydrazine groups is 1. The zero-order valence-corrected chi connectivity index (χ0v) is 12.7. The maximum absolute atomic E-state index is 12.1. The predicted octanol–water partition coefficient (Wildman–Crippen LogP) is 1.52. The minimum atomic E-state index is -0.197. The van der Waals surface area contributed by atoms with Crippen molar-refractivity contribution in [1.82, 2.24) is 10.9 Å². The first-order valence-electron chi connectivity index (χ1n) is 7.26. The molecule has 1 aromatic heterocycles. The zero-order valence-electron chi connectivity index (χ0n) is 12.7. The van der Waals surface area contributed by atoms with Gasteiger partial charge in [0.2, 0.25) is 0 Å². The van der Waals surface area contributed by atoms with Crippen molar-refractivity contribution in [2.45, 2.75) is 25.8 Å². The normalized spacial score (nSPS) is 15.5. The summed E-state index contributed by atoms with van der Waals surface area (Å²) in [5, 5.41) is 0. The number of nitrogens with zero attached hydrogens (tertiary/aromatic N) is 1. The summed E-state index contributed by atoms with van der Waals surface area (Å²) in [6, 6.07) is 11.6. The fraction of sp³-hybridized carbons (Fsp3) is 0.235. The van der Waals surface area contributed by atoms with Crippen LogP contribution in [0.3, 0.4) is 0 Å². The molecule has 0 radical (unpaired) electrons. The monoisotopic (exact) mass is 295 g/mol. The van der Waals surface area contributed by atoms with Gasteiger partial charge in [0.15, 0.2) is 12.4 Å². The standard InChI is InChI=1S/C17H18N4O/c1-17(2)11-13-5-3-4-6-14(13)15(19-17)20-21-16(22)12-7-9-18-10-8-12/h3-10H,11H2,1-2H3,(H,19,20)(H,21,22)/p+1. The van der Waals surface area contributed by atoms with E-state index in [-0.39, 0.29) is 11.4 Å². The molecule has 0 unspecified atom stereocenters. The van der Waals surface area contributed by atoms with Gasteiger partial charge in [0.05, 0.1) is 11.1 Å². The molecule has 3 N–H and O–H groups in total. The fourth-order valence-electron chi connectivity index (χ4n) is 2.60. The predicted molar refractivity (Wildman–Crippen MR) is 84.4 cm³/mol. The Bertz CT molecular complexity index is 722. The van der Waals surface area contributed by atoms with E-state index in [0.717, 1.165) is 12.0 Å². The van der Waals surface area contributed by atoms with Crippen molar-refractivity contribution < 1.29 is 9.78 Å². The van der Waals surface area contributed by atoms with Gasteiger partial charge in [0.25, 0.3) is 5.91 Å². The second-order valence-corrected chi connectivity index (χ2v) is 5.97. The van der Waals surface area contributed by atoms with Crippen LogP contribution in [0.5, 0.6) is 0 Å². The van der Waals surface area contributed by atoms with Crippen LogP contribution < -0.4 is 15.8 Å². The highest BCUT2D eigenvalue weighted by molar-refractivity contribution is 6.03. The summed E-state index contributed by atoms with van der Waals surface area (Å²) in [5.41, 5.74) is 8.33. The smallest absolute Gasteiger partial charge is 0.270 e. The van der Waals surface area contributed by atoms with Crippen molar-refractivity contribution in [3.8, 4) is 0 Å². The number of nitrogens with one attached hydrogen (secondary N) is 3. The van der Waals surface area contributed by atoms with Gasteiger partial charge in [0.1, 0.15) is 5.84 Å². The number of aromatic nitrogens is 1. The Hall–Kier alpha value is -2.69. The summed E-state index contributed by atoms with van der Waals surface area (Å²) in [5.74, 6) is 0.500. The number of hydrogen-bond acceptors (Lipinski definition) is 3.